The van der Waals surface area contributed by atoms with Crippen molar-refractivity contribution in [2.24, 2.45) is 11.8 Å². The number of ether oxygens (including phenoxy) is 1. The molecule has 7 nitrogen and oxygen atoms in total. The van der Waals surface area contributed by atoms with E-state index in [4.69, 9.17) is 10.00 Å². The van der Waals surface area contributed by atoms with Crippen molar-refractivity contribution < 1.29 is 19.0 Å². The number of carbonyl (C=O) groups is 1. The summed E-state index contributed by atoms with van der Waals surface area (Å²) in [6, 6.07) is 5.44. The number of nitrogens with one attached hydrogen (secondary N) is 1. The van der Waals surface area contributed by atoms with Crippen LogP contribution in [0.1, 0.15) is 76.7 Å². The number of carbonyl (C=O) groups excluding carboxylic acids is 1. The highest BCUT2D eigenvalue weighted by atomic mass is 32.1. The predicted octanol–water partition coefficient (Wildman–Crippen LogP) is 4.67. The lowest BCUT2D eigenvalue weighted by molar-refractivity contribution is 0.103. The molecular formula is C27H29FN4O3S. The SMILES string of the molecule is COc1c2c(cc(F)c1N1CC[C@@H](C(C)(C)NCCC#N)C1)C(=O)c1c(sc(C#N)c1O)C2C1CC1. The van der Waals surface area contributed by atoms with Crippen LogP contribution in [0.2, 0.25) is 0 Å². The Morgan fingerprint density at radius 3 is 2.72 bits per heavy atom. The molecule has 2 atom stereocenters. The number of aromatic hydroxyl groups is 1. The van der Waals surface area contributed by atoms with Crippen LogP contribution in [-0.4, -0.2) is 43.2 Å². The minimum absolute atomic E-state index is 0.111. The zero-order chi connectivity index (χ0) is 25.8. The first kappa shape index (κ1) is 24.5. The van der Waals surface area contributed by atoms with E-state index in [0.717, 1.165) is 30.6 Å². The second kappa shape index (κ2) is 9.06. The summed E-state index contributed by atoms with van der Waals surface area (Å²) in [5.74, 6) is -0.638. The number of anilines is 1. The molecule has 36 heavy (non-hydrogen) atoms. The fraction of sp³-hybridized carbons (Fsp3) is 0.519. The monoisotopic (exact) mass is 508 g/mol. The number of rotatable bonds is 7. The summed E-state index contributed by atoms with van der Waals surface area (Å²) in [4.78, 5) is 16.3. The van der Waals surface area contributed by atoms with Crippen molar-refractivity contribution in [2.75, 3.05) is 31.6 Å². The number of hydrogen-bond donors (Lipinski definition) is 2. The fourth-order valence-electron chi connectivity index (χ4n) is 5.87. The van der Waals surface area contributed by atoms with Crippen LogP contribution in [0.4, 0.5) is 10.1 Å². The van der Waals surface area contributed by atoms with Gasteiger partial charge in [-0.05, 0) is 51.0 Å². The zero-order valence-electron chi connectivity index (χ0n) is 20.7. The molecule has 1 saturated heterocycles. The highest BCUT2D eigenvalue weighted by molar-refractivity contribution is 7.13. The van der Waals surface area contributed by atoms with Gasteiger partial charge in [0.25, 0.3) is 0 Å². The maximum absolute atomic E-state index is 15.8. The van der Waals surface area contributed by atoms with Gasteiger partial charge in [-0.1, -0.05) is 0 Å². The second-order valence-electron chi connectivity index (χ2n) is 10.5. The van der Waals surface area contributed by atoms with Crippen LogP contribution >= 0.6 is 11.3 Å². The van der Waals surface area contributed by atoms with E-state index in [-0.39, 0.29) is 45.0 Å². The average Bonchev–Trinajstić information content (AvgIpc) is 3.45. The van der Waals surface area contributed by atoms with Gasteiger partial charge in [0.1, 0.15) is 22.4 Å². The van der Waals surface area contributed by atoms with Gasteiger partial charge < -0.3 is 20.1 Å². The summed E-state index contributed by atoms with van der Waals surface area (Å²) in [6.07, 6.45) is 3.20. The summed E-state index contributed by atoms with van der Waals surface area (Å²) >= 11 is 1.15. The standard InChI is InChI=1S/C27H29FN4O3S/c1-27(2,31-9-4-8-29)15-7-10-32(13-15)22-17(28)11-16-20(25(22)35-3)19(14-5-6-14)26-21(23(16)33)24(34)18(12-30)36-26/h11,14-15,19,31,34H,4-7,9-10,13H2,1-3H3/t15-,19?/m1/s1. The van der Waals surface area contributed by atoms with Gasteiger partial charge in [-0.25, -0.2) is 4.39 Å². The van der Waals surface area contributed by atoms with Gasteiger partial charge in [0.05, 0.1) is 18.7 Å². The number of hydrogen-bond acceptors (Lipinski definition) is 8. The molecular weight excluding hydrogens is 479 g/mol. The molecule has 0 radical (unpaired) electrons. The Kier molecular flexibility index (Phi) is 6.18. The molecule has 188 valence electrons. The number of benzene rings is 1. The van der Waals surface area contributed by atoms with Crippen LogP contribution in [0.5, 0.6) is 11.5 Å². The van der Waals surface area contributed by atoms with Gasteiger partial charge >= 0.3 is 0 Å². The molecule has 9 heteroatoms. The number of nitriles is 2. The smallest absolute Gasteiger partial charge is 0.198 e. The number of nitrogens with zero attached hydrogens (tertiary/aromatic N) is 3. The van der Waals surface area contributed by atoms with Gasteiger partial charge in [-0.3, -0.25) is 4.79 Å². The molecule has 1 saturated carbocycles. The maximum atomic E-state index is 15.8. The molecule has 2 N–H and O–H groups in total. The van der Waals surface area contributed by atoms with Crippen molar-refractivity contribution in [1.82, 2.24) is 5.32 Å². The molecule has 1 unspecified atom stereocenters. The van der Waals surface area contributed by atoms with E-state index in [0.29, 0.717) is 47.9 Å². The predicted molar refractivity (Wildman–Crippen MR) is 134 cm³/mol. The van der Waals surface area contributed by atoms with Crippen LogP contribution < -0.4 is 15.0 Å². The van der Waals surface area contributed by atoms with Gasteiger partial charge in [0.15, 0.2) is 17.3 Å². The normalized spacial score (nSPS) is 21.1. The highest BCUT2D eigenvalue weighted by Gasteiger charge is 2.47. The van der Waals surface area contributed by atoms with Crippen molar-refractivity contribution in [3.8, 4) is 23.6 Å². The molecule has 3 aliphatic rings. The summed E-state index contributed by atoms with van der Waals surface area (Å²) < 4.78 is 21.6. The van der Waals surface area contributed by atoms with E-state index in [2.05, 4.69) is 25.2 Å². The quantitative estimate of drug-likeness (QED) is 0.523. The largest absolute Gasteiger partial charge is 0.505 e. The first-order valence-corrected chi connectivity index (χ1v) is 13.1. The van der Waals surface area contributed by atoms with Crippen molar-refractivity contribution in [3.63, 3.8) is 0 Å². The first-order valence-electron chi connectivity index (χ1n) is 12.3. The third kappa shape index (κ3) is 3.82. The van der Waals surface area contributed by atoms with Crippen LogP contribution in [-0.2, 0) is 0 Å². The minimum atomic E-state index is -0.525. The molecule has 2 aliphatic carbocycles. The second-order valence-corrected chi connectivity index (χ2v) is 11.5. The summed E-state index contributed by atoms with van der Waals surface area (Å²) in [7, 11) is 1.51. The molecule has 5 rings (SSSR count). The van der Waals surface area contributed by atoms with E-state index in [1.54, 1.807) is 0 Å². The lowest BCUT2D eigenvalue weighted by Crippen LogP contribution is -2.47. The van der Waals surface area contributed by atoms with Crippen LogP contribution in [0.25, 0.3) is 0 Å². The summed E-state index contributed by atoms with van der Waals surface area (Å²) in [5, 5.41) is 32.4. The Hall–Kier alpha value is -3.14. The number of ketones is 1. The van der Waals surface area contributed by atoms with Crippen molar-refractivity contribution in [3.05, 3.63) is 38.3 Å². The Bertz CT molecular complexity index is 1320. The summed E-state index contributed by atoms with van der Waals surface area (Å²) in [5.41, 5.74) is 1.17. The number of methoxy groups -OCH3 is 1. The van der Waals surface area contributed by atoms with Crippen LogP contribution in [0.15, 0.2) is 6.07 Å². The van der Waals surface area contributed by atoms with Crippen molar-refractivity contribution in [2.45, 2.75) is 51.0 Å². The molecule has 0 spiro atoms. The first-order chi connectivity index (χ1) is 17.2. The Balaban J connectivity index is 1.57. The topological polar surface area (TPSA) is 109 Å². The zero-order valence-corrected chi connectivity index (χ0v) is 21.5. The fourth-order valence-corrected chi connectivity index (χ4v) is 7.06. The number of halogens is 1. The molecule has 0 amide bonds. The third-order valence-electron chi connectivity index (χ3n) is 7.96. The van der Waals surface area contributed by atoms with Gasteiger partial charge in [0.2, 0.25) is 0 Å². The number of thiophene rings is 1. The van der Waals surface area contributed by atoms with E-state index in [1.807, 2.05) is 11.0 Å². The lowest BCUT2D eigenvalue weighted by Gasteiger charge is -2.34. The third-order valence-corrected chi connectivity index (χ3v) is 9.13. The molecule has 2 aromatic rings. The molecule has 1 aliphatic heterocycles. The van der Waals surface area contributed by atoms with Gasteiger partial charge in [-0.2, -0.15) is 10.5 Å². The number of fused-ring (bicyclic) bond motifs is 2. The minimum Gasteiger partial charge on any atom is -0.505 e. The lowest BCUT2D eigenvalue weighted by atomic mass is 9.78. The Morgan fingerprint density at radius 1 is 1.33 bits per heavy atom. The van der Waals surface area contributed by atoms with E-state index in [1.165, 1.54) is 13.2 Å². The average molecular weight is 509 g/mol. The molecule has 0 bridgehead atoms. The van der Waals surface area contributed by atoms with Crippen molar-refractivity contribution in [1.29, 1.82) is 10.5 Å². The molecule has 1 aromatic heterocycles. The van der Waals surface area contributed by atoms with Gasteiger partial charge in [-0.15, -0.1) is 11.3 Å². The Morgan fingerprint density at radius 2 is 2.08 bits per heavy atom. The van der Waals surface area contributed by atoms with E-state index < -0.39 is 11.6 Å². The molecule has 1 aromatic carbocycles. The Labute approximate surface area is 214 Å². The van der Waals surface area contributed by atoms with Crippen LogP contribution in [0.3, 0.4) is 0 Å². The van der Waals surface area contributed by atoms with Gasteiger partial charge in [0, 0.05) is 53.5 Å². The summed E-state index contributed by atoms with van der Waals surface area (Å²) in [6.45, 7) is 6.08. The maximum Gasteiger partial charge on any atom is 0.198 e. The van der Waals surface area contributed by atoms with Crippen molar-refractivity contribution >= 4 is 22.8 Å². The molecule has 2 fully saturated rings. The van der Waals surface area contributed by atoms with Crippen LogP contribution in [0, 0.1) is 40.3 Å². The molecule has 2 heterocycles. The van der Waals surface area contributed by atoms with E-state index >= 15 is 4.39 Å². The van der Waals surface area contributed by atoms with E-state index in [9.17, 15) is 15.2 Å². The highest BCUT2D eigenvalue weighted by Crippen LogP contribution is 2.59.